The Bertz CT molecular complexity index is 783. The van der Waals surface area contributed by atoms with E-state index in [0.29, 0.717) is 41.1 Å². The quantitative estimate of drug-likeness (QED) is 0.701. The van der Waals surface area contributed by atoms with Crippen LogP contribution < -0.4 is 24.8 Å². The molecular formula is C18H22N4O4. The molecule has 8 heteroatoms. The average Bonchev–Trinajstić information content (AvgIpc) is 2.64. The van der Waals surface area contributed by atoms with Gasteiger partial charge in [0.25, 0.3) is 5.91 Å². The highest BCUT2D eigenvalue weighted by Gasteiger charge is 2.16. The van der Waals surface area contributed by atoms with Crippen LogP contribution in [0.5, 0.6) is 17.2 Å². The Balaban J connectivity index is 2.29. The summed E-state index contributed by atoms with van der Waals surface area (Å²) in [5, 5.41) is 5.82. The number of carbonyl (C=O) groups excluding carboxylic acids is 1. The van der Waals surface area contributed by atoms with Crippen LogP contribution in [0, 0.1) is 6.92 Å². The van der Waals surface area contributed by atoms with E-state index >= 15 is 0 Å². The van der Waals surface area contributed by atoms with Crippen LogP contribution in [-0.4, -0.2) is 43.7 Å². The van der Waals surface area contributed by atoms with Crippen LogP contribution in [0.3, 0.4) is 0 Å². The number of amides is 1. The second-order valence-corrected chi connectivity index (χ2v) is 5.22. The maximum atomic E-state index is 12.6. The van der Waals surface area contributed by atoms with Crippen molar-refractivity contribution in [2.45, 2.75) is 6.92 Å². The summed E-state index contributed by atoms with van der Waals surface area (Å²) in [5.41, 5.74) is 0.721. The highest BCUT2D eigenvalue weighted by Crippen LogP contribution is 2.40. The second-order valence-electron chi connectivity index (χ2n) is 5.22. The minimum Gasteiger partial charge on any atom is -0.493 e. The van der Waals surface area contributed by atoms with Gasteiger partial charge in [-0.1, -0.05) is 6.08 Å². The van der Waals surface area contributed by atoms with E-state index in [4.69, 9.17) is 14.2 Å². The van der Waals surface area contributed by atoms with Crippen LogP contribution in [0.25, 0.3) is 0 Å². The first-order valence-electron chi connectivity index (χ1n) is 7.84. The fraction of sp³-hybridized carbons (Fsp3) is 0.278. The molecule has 0 aliphatic carbocycles. The Morgan fingerprint density at radius 2 is 1.77 bits per heavy atom. The Hall–Kier alpha value is -3.29. The van der Waals surface area contributed by atoms with Crippen molar-refractivity contribution in [2.75, 3.05) is 38.5 Å². The number of benzene rings is 1. The molecule has 0 bridgehead atoms. The lowest BCUT2D eigenvalue weighted by molar-refractivity contribution is 0.102. The number of nitrogens with one attached hydrogen (secondary N) is 2. The third-order valence-corrected chi connectivity index (χ3v) is 3.42. The Morgan fingerprint density at radius 3 is 2.31 bits per heavy atom. The van der Waals surface area contributed by atoms with E-state index in [1.54, 1.807) is 31.2 Å². The van der Waals surface area contributed by atoms with Gasteiger partial charge in [0.1, 0.15) is 17.3 Å². The Morgan fingerprint density at radius 1 is 1.12 bits per heavy atom. The molecule has 1 aromatic carbocycles. The van der Waals surface area contributed by atoms with E-state index in [9.17, 15) is 4.79 Å². The van der Waals surface area contributed by atoms with Crippen molar-refractivity contribution in [1.29, 1.82) is 0 Å². The lowest BCUT2D eigenvalue weighted by Gasteiger charge is -2.14. The van der Waals surface area contributed by atoms with Gasteiger partial charge in [0, 0.05) is 30.4 Å². The summed E-state index contributed by atoms with van der Waals surface area (Å²) >= 11 is 0. The van der Waals surface area contributed by atoms with Gasteiger partial charge < -0.3 is 24.8 Å². The van der Waals surface area contributed by atoms with Crippen LogP contribution in [0.15, 0.2) is 30.9 Å². The molecule has 2 aromatic rings. The minimum absolute atomic E-state index is 0.234. The number of rotatable bonds is 8. The highest BCUT2D eigenvalue weighted by molar-refractivity contribution is 6.03. The molecule has 0 saturated carbocycles. The molecule has 8 nitrogen and oxygen atoms in total. The SMILES string of the molecule is C=CCNc1cc(C(=O)Nc2cc(OC)c(OC)c(OC)c2)nc(C)n1. The molecule has 0 aliphatic rings. The smallest absolute Gasteiger partial charge is 0.274 e. The standard InChI is InChI=1S/C18H22N4O4/c1-6-7-19-16-10-13(20-11(2)21-16)18(23)22-12-8-14(24-3)17(26-5)15(9-12)25-4/h6,8-10H,1,7H2,2-5H3,(H,22,23)(H,19,20,21). The molecule has 26 heavy (non-hydrogen) atoms. The van der Waals surface area contributed by atoms with Crippen molar-refractivity contribution in [3.8, 4) is 17.2 Å². The summed E-state index contributed by atoms with van der Waals surface area (Å²) in [4.78, 5) is 21.0. The maximum Gasteiger partial charge on any atom is 0.274 e. The van der Waals surface area contributed by atoms with E-state index in [0.717, 1.165) is 0 Å². The molecule has 1 aromatic heterocycles. The zero-order valence-corrected chi connectivity index (χ0v) is 15.3. The molecule has 1 amide bonds. The van der Waals surface area contributed by atoms with Gasteiger partial charge in [-0.2, -0.15) is 0 Å². The van der Waals surface area contributed by atoms with Crippen molar-refractivity contribution >= 4 is 17.4 Å². The van der Waals surface area contributed by atoms with Gasteiger partial charge in [-0.15, -0.1) is 6.58 Å². The van der Waals surface area contributed by atoms with Crippen molar-refractivity contribution in [2.24, 2.45) is 0 Å². The first kappa shape index (κ1) is 19.0. The van der Waals surface area contributed by atoms with Crippen molar-refractivity contribution in [1.82, 2.24) is 9.97 Å². The largest absolute Gasteiger partial charge is 0.493 e. The van der Waals surface area contributed by atoms with Crippen LogP contribution in [0.1, 0.15) is 16.3 Å². The van der Waals surface area contributed by atoms with Gasteiger partial charge in [-0.25, -0.2) is 9.97 Å². The zero-order chi connectivity index (χ0) is 19.1. The third-order valence-electron chi connectivity index (χ3n) is 3.42. The summed E-state index contributed by atoms with van der Waals surface area (Å²) in [5.74, 6) is 1.97. The summed E-state index contributed by atoms with van der Waals surface area (Å²) in [6.45, 7) is 5.89. The van der Waals surface area contributed by atoms with Crippen LogP contribution in [-0.2, 0) is 0 Å². The minimum atomic E-state index is -0.383. The topological polar surface area (TPSA) is 94.6 Å². The van der Waals surface area contributed by atoms with E-state index < -0.39 is 0 Å². The number of ether oxygens (including phenoxy) is 3. The first-order chi connectivity index (χ1) is 12.5. The molecule has 0 atom stereocenters. The number of anilines is 2. The van der Waals surface area contributed by atoms with Gasteiger partial charge in [-0.05, 0) is 6.92 Å². The van der Waals surface area contributed by atoms with Gasteiger partial charge >= 0.3 is 0 Å². The predicted octanol–water partition coefficient (Wildman–Crippen LogP) is 2.66. The van der Waals surface area contributed by atoms with Gasteiger partial charge in [0.15, 0.2) is 11.5 Å². The monoisotopic (exact) mass is 358 g/mol. The molecule has 0 radical (unpaired) electrons. The van der Waals surface area contributed by atoms with E-state index in [1.165, 1.54) is 21.3 Å². The van der Waals surface area contributed by atoms with Crippen LogP contribution >= 0.6 is 0 Å². The lowest BCUT2D eigenvalue weighted by atomic mass is 10.2. The summed E-state index contributed by atoms with van der Waals surface area (Å²) in [7, 11) is 4.53. The molecule has 0 fully saturated rings. The highest BCUT2D eigenvalue weighted by atomic mass is 16.5. The molecular weight excluding hydrogens is 336 g/mol. The summed E-state index contributed by atoms with van der Waals surface area (Å²) in [6, 6.07) is 4.86. The first-order valence-corrected chi connectivity index (χ1v) is 7.84. The maximum absolute atomic E-state index is 12.6. The molecule has 2 rings (SSSR count). The number of hydrogen-bond acceptors (Lipinski definition) is 7. The molecule has 0 saturated heterocycles. The van der Waals surface area contributed by atoms with Gasteiger partial charge in [0.05, 0.1) is 21.3 Å². The van der Waals surface area contributed by atoms with E-state index in [2.05, 4.69) is 27.2 Å². The fourth-order valence-electron chi connectivity index (χ4n) is 2.30. The lowest BCUT2D eigenvalue weighted by Crippen LogP contribution is -2.16. The summed E-state index contributed by atoms with van der Waals surface area (Å²) < 4.78 is 15.8. The average molecular weight is 358 g/mol. The second kappa shape index (κ2) is 8.70. The van der Waals surface area contributed by atoms with Gasteiger partial charge in [-0.3, -0.25) is 4.79 Å². The number of carbonyl (C=O) groups is 1. The van der Waals surface area contributed by atoms with Crippen LogP contribution in [0.4, 0.5) is 11.5 Å². The zero-order valence-electron chi connectivity index (χ0n) is 15.3. The Labute approximate surface area is 152 Å². The number of nitrogens with zero attached hydrogens (tertiary/aromatic N) is 2. The van der Waals surface area contributed by atoms with Gasteiger partial charge in [0.2, 0.25) is 5.75 Å². The molecule has 1 heterocycles. The predicted molar refractivity (Wildman–Crippen MR) is 99.5 cm³/mol. The number of hydrogen-bond donors (Lipinski definition) is 2. The van der Waals surface area contributed by atoms with Crippen molar-refractivity contribution in [3.63, 3.8) is 0 Å². The molecule has 0 spiro atoms. The normalized spacial score (nSPS) is 10.0. The fourth-order valence-corrected chi connectivity index (χ4v) is 2.30. The molecule has 138 valence electrons. The molecule has 0 aliphatic heterocycles. The molecule has 2 N–H and O–H groups in total. The number of aryl methyl sites for hydroxylation is 1. The number of methoxy groups -OCH3 is 3. The number of aromatic nitrogens is 2. The van der Waals surface area contributed by atoms with Crippen LogP contribution in [0.2, 0.25) is 0 Å². The van der Waals surface area contributed by atoms with Crippen molar-refractivity contribution < 1.29 is 19.0 Å². The van der Waals surface area contributed by atoms with Crippen molar-refractivity contribution in [3.05, 3.63) is 42.4 Å². The summed E-state index contributed by atoms with van der Waals surface area (Å²) in [6.07, 6.45) is 1.70. The van der Waals surface area contributed by atoms with E-state index in [-0.39, 0.29) is 11.6 Å². The third kappa shape index (κ3) is 4.41. The molecule has 0 unspecified atom stereocenters. The van der Waals surface area contributed by atoms with E-state index in [1.807, 2.05) is 0 Å². The Kier molecular flexibility index (Phi) is 6.37.